The molecule has 6 heteroatoms. The third kappa shape index (κ3) is 3.59. The number of hydrogen-bond donors (Lipinski definition) is 1. The summed E-state index contributed by atoms with van der Waals surface area (Å²) in [5.41, 5.74) is 0.872. The fraction of sp³-hybridized carbons (Fsp3) is 0.278. The Balaban J connectivity index is 1.67. The lowest BCUT2D eigenvalue weighted by molar-refractivity contribution is -0.137. The molecule has 24 heavy (non-hydrogen) atoms. The van der Waals surface area contributed by atoms with Crippen molar-refractivity contribution in [1.82, 2.24) is 5.32 Å². The summed E-state index contributed by atoms with van der Waals surface area (Å²) in [5, 5.41) is 2.58. The maximum atomic E-state index is 12.8. The average molecular weight is 351 g/mol. The van der Waals surface area contributed by atoms with Crippen LogP contribution in [0.1, 0.15) is 29.7 Å². The molecule has 2 aromatic carbocycles. The van der Waals surface area contributed by atoms with E-state index in [0.717, 1.165) is 22.6 Å². The molecule has 2 atom stereocenters. The molecular formula is C18H16F3NOS. The Morgan fingerprint density at radius 3 is 2.67 bits per heavy atom. The number of fused-ring (bicyclic) bond motifs is 1. The van der Waals surface area contributed by atoms with Crippen molar-refractivity contribution in [2.24, 2.45) is 0 Å². The van der Waals surface area contributed by atoms with Crippen LogP contribution in [0, 0.1) is 0 Å². The highest BCUT2D eigenvalue weighted by atomic mass is 32.2. The molecule has 0 radical (unpaired) electrons. The molecule has 1 amide bonds. The SMILES string of the molecule is CC(NC(=O)C1Cc2ccccc2S1)c1cccc(C(F)(F)F)c1. The van der Waals surface area contributed by atoms with Gasteiger partial charge in [-0.05, 0) is 42.7 Å². The number of hydrogen-bond acceptors (Lipinski definition) is 2. The van der Waals surface area contributed by atoms with E-state index in [1.165, 1.54) is 17.8 Å². The summed E-state index contributed by atoms with van der Waals surface area (Å²) in [7, 11) is 0. The van der Waals surface area contributed by atoms with Gasteiger partial charge in [-0.25, -0.2) is 0 Å². The van der Waals surface area contributed by atoms with Crippen LogP contribution in [0.15, 0.2) is 53.4 Å². The lowest BCUT2D eigenvalue weighted by Gasteiger charge is -2.18. The molecule has 0 fully saturated rings. The molecule has 0 spiro atoms. The second-order valence-corrected chi connectivity index (χ2v) is 7.02. The lowest BCUT2D eigenvalue weighted by atomic mass is 10.0. The monoisotopic (exact) mass is 351 g/mol. The molecule has 0 saturated carbocycles. The molecule has 1 aliphatic rings. The molecule has 0 saturated heterocycles. The molecule has 0 aliphatic carbocycles. The minimum absolute atomic E-state index is 0.152. The molecule has 2 unspecified atom stereocenters. The second-order valence-electron chi connectivity index (χ2n) is 5.77. The standard InChI is InChI=1S/C18H16F3NOS/c1-11(12-6-4-7-14(9-12)18(19,20)21)22-17(23)16-10-13-5-2-3-8-15(13)24-16/h2-9,11,16H,10H2,1H3,(H,22,23). The van der Waals surface area contributed by atoms with Crippen LogP contribution in [0.5, 0.6) is 0 Å². The number of rotatable bonds is 3. The van der Waals surface area contributed by atoms with Gasteiger partial charge in [0, 0.05) is 4.90 Å². The highest BCUT2D eigenvalue weighted by Crippen LogP contribution is 2.37. The van der Waals surface area contributed by atoms with E-state index < -0.39 is 17.8 Å². The smallest absolute Gasteiger partial charge is 0.349 e. The van der Waals surface area contributed by atoms with Crippen molar-refractivity contribution in [3.63, 3.8) is 0 Å². The normalized spacial score (nSPS) is 18.1. The first-order valence-electron chi connectivity index (χ1n) is 7.56. The van der Waals surface area contributed by atoms with E-state index in [2.05, 4.69) is 5.32 Å². The first-order valence-corrected chi connectivity index (χ1v) is 8.44. The fourth-order valence-electron chi connectivity index (χ4n) is 2.70. The van der Waals surface area contributed by atoms with Gasteiger partial charge in [0.2, 0.25) is 5.91 Å². The second kappa shape index (κ2) is 6.51. The third-order valence-corrected chi connectivity index (χ3v) is 5.33. The summed E-state index contributed by atoms with van der Waals surface area (Å²) in [6.07, 6.45) is -3.75. The molecule has 126 valence electrons. The highest BCUT2D eigenvalue weighted by molar-refractivity contribution is 8.01. The molecule has 2 aromatic rings. The Kier molecular flexibility index (Phi) is 4.58. The number of amides is 1. The number of carbonyl (C=O) groups is 1. The van der Waals surface area contributed by atoms with Crippen LogP contribution in [-0.4, -0.2) is 11.2 Å². The van der Waals surface area contributed by atoms with Crippen molar-refractivity contribution in [3.05, 3.63) is 65.2 Å². The lowest BCUT2D eigenvalue weighted by Crippen LogP contribution is -2.34. The zero-order valence-electron chi connectivity index (χ0n) is 12.9. The first-order chi connectivity index (χ1) is 11.3. The largest absolute Gasteiger partial charge is 0.416 e. The molecule has 1 heterocycles. The Bertz CT molecular complexity index is 735. The van der Waals surface area contributed by atoms with Gasteiger partial charge in [0.15, 0.2) is 0 Å². The quantitative estimate of drug-likeness (QED) is 0.876. The summed E-state index contributed by atoms with van der Waals surface area (Å²) in [6, 6.07) is 12.4. The van der Waals surface area contributed by atoms with Gasteiger partial charge in [-0.3, -0.25) is 4.79 Å². The van der Waals surface area contributed by atoms with Crippen molar-refractivity contribution in [1.29, 1.82) is 0 Å². The highest BCUT2D eigenvalue weighted by Gasteiger charge is 2.32. The fourth-order valence-corrected chi connectivity index (χ4v) is 3.91. The van der Waals surface area contributed by atoms with E-state index in [1.54, 1.807) is 13.0 Å². The van der Waals surface area contributed by atoms with Crippen LogP contribution in [0.4, 0.5) is 13.2 Å². The van der Waals surface area contributed by atoms with Gasteiger partial charge < -0.3 is 5.32 Å². The maximum absolute atomic E-state index is 12.8. The van der Waals surface area contributed by atoms with Crippen molar-refractivity contribution in [2.45, 2.75) is 35.7 Å². The Morgan fingerprint density at radius 1 is 1.21 bits per heavy atom. The van der Waals surface area contributed by atoms with Gasteiger partial charge in [-0.2, -0.15) is 13.2 Å². The summed E-state index contributed by atoms with van der Waals surface area (Å²) in [6.45, 7) is 1.69. The van der Waals surface area contributed by atoms with Gasteiger partial charge in [0.25, 0.3) is 0 Å². The van der Waals surface area contributed by atoms with E-state index in [-0.39, 0.29) is 11.2 Å². The maximum Gasteiger partial charge on any atom is 0.416 e. The van der Waals surface area contributed by atoms with Gasteiger partial charge in [0.05, 0.1) is 16.9 Å². The number of nitrogens with one attached hydrogen (secondary N) is 1. The molecule has 1 N–H and O–H groups in total. The number of carbonyl (C=O) groups excluding carboxylic acids is 1. The third-order valence-electron chi connectivity index (χ3n) is 4.01. The van der Waals surface area contributed by atoms with E-state index in [1.807, 2.05) is 24.3 Å². The van der Waals surface area contributed by atoms with Crippen LogP contribution in [-0.2, 0) is 17.4 Å². The van der Waals surface area contributed by atoms with E-state index >= 15 is 0 Å². The zero-order chi connectivity index (χ0) is 17.3. The van der Waals surface area contributed by atoms with E-state index in [4.69, 9.17) is 0 Å². The van der Waals surface area contributed by atoms with Crippen molar-refractivity contribution in [2.75, 3.05) is 0 Å². The first kappa shape index (κ1) is 16.9. The van der Waals surface area contributed by atoms with Gasteiger partial charge in [-0.1, -0.05) is 30.3 Å². The van der Waals surface area contributed by atoms with E-state index in [9.17, 15) is 18.0 Å². The van der Waals surface area contributed by atoms with Crippen LogP contribution >= 0.6 is 11.8 Å². The summed E-state index contributed by atoms with van der Waals surface area (Å²) in [4.78, 5) is 13.5. The number of halogens is 3. The zero-order valence-corrected chi connectivity index (χ0v) is 13.7. The van der Waals surface area contributed by atoms with Crippen molar-refractivity contribution in [3.8, 4) is 0 Å². The predicted molar refractivity (Wildman–Crippen MR) is 87.8 cm³/mol. The van der Waals surface area contributed by atoms with Crippen LogP contribution in [0.25, 0.3) is 0 Å². The van der Waals surface area contributed by atoms with Crippen LogP contribution < -0.4 is 5.32 Å². The Hall–Kier alpha value is -1.95. The molecule has 2 nitrogen and oxygen atoms in total. The summed E-state index contributed by atoms with van der Waals surface area (Å²) >= 11 is 1.50. The number of alkyl halides is 3. The average Bonchev–Trinajstić information content (AvgIpc) is 2.98. The molecule has 1 aliphatic heterocycles. The van der Waals surface area contributed by atoms with Crippen LogP contribution in [0.3, 0.4) is 0 Å². The topological polar surface area (TPSA) is 29.1 Å². The van der Waals surface area contributed by atoms with Crippen molar-refractivity contribution >= 4 is 17.7 Å². The number of thioether (sulfide) groups is 1. The summed E-state index contributed by atoms with van der Waals surface area (Å²) in [5.74, 6) is -0.152. The van der Waals surface area contributed by atoms with Gasteiger partial charge in [-0.15, -0.1) is 11.8 Å². The molecule has 0 aromatic heterocycles. The Morgan fingerprint density at radius 2 is 1.96 bits per heavy atom. The minimum Gasteiger partial charge on any atom is -0.349 e. The van der Waals surface area contributed by atoms with E-state index in [0.29, 0.717) is 12.0 Å². The Labute approximate surface area is 142 Å². The van der Waals surface area contributed by atoms with Crippen molar-refractivity contribution < 1.29 is 18.0 Å². The predicted octanol–water partition coefficient (Wildman–Crippen LogP) is 4.60. The molecule has 3 rings (SSSR count). The molecular weight excluding hydrogens is 335 g/mol. The summed E-state index contributed by atoms with van der Waals surface area (Å²) < 4.78 is 38.4. The van der Waals surface area contributed by atoms with Crippen LogP contribution in [0.2, 0.25) is 0 Å². The minimum atomic E-state index is -4.39. The van der Waals surface area contributed by atoms with Gasteiger partial charge in [0.1, 0.15) is 0 Å². The molecule has 0 bridgehead atoms. The number of benzene rings is 2. The van der Waals surface area contributed by atoms with Gasteiger partial charge >= 0.3 is 6.18 Å².